The van der Waals surface area contributed by atoms with E-state index in [0.29, 0.717) is 0 Å². The lowest BCUT2D eigenvalue weighted by molar-refractivity contribution is 0.152. The number of hydrogen-bond acceptors (Lipinski definition) is 5. The lowest BCUT2D eigenvalue weighted by Crippen LogP contribution is -2.32. The molecule has 1 aromatic heterocycles. The Morgan fingerprint density at radius 1 is 1.75 bits per heavy atom. The van der Waals surface area contributed by atoms with E-state index in [9.17, 15) is 4.79 Å². The van der Waals surface area contributed by atoms with E-state index in [1.807, 2.05) is 13.8 Å². The van der Waals surface area contributed by atoms with Crippen molar-refractivity contribution in [2.24, 2.45) is 5.16 Å². The predicted molar refractivity (Wildman–Crippen MR) is 58.0 cm³/mol. The van der Waals surface area contributed by atoms with Gasteiger partial charge >= 0.3 is 6.09 Å². The zero-order valence-corrected chi connectivity index (χ0v) is 9.54. The molecule has 0 saturated carbocycles. The lowest BCUT2D eigenvalue weighted by Gasteiger charge is -2.22. The van der Waals surface area contributed by atoms with Crippen molar-refractivity contribution >= 4 is 12.3 Å². The first-order valence-electron chi connectivity index (χ1n) is 4.90. The van der Waals surface area contributed by atoms with Crippen molar-refractivity contribution in [2.45, 2.75) is 25.8 Å². The van der Waals surface area contributed by atoms with Crippen LogP contribution in [0.25, 0.3) is 0 Å². The van der Waals surface area contributed by atoms with Crippen molar-refractivity contribution in [1.82, 2.24) is 20.1 Å². The molecule has 0 saturated heterocycles. The summed E-state index contributed by atoms with van der Waals surface area (Å²) in [5.41, 5.74) is -0.454. The van der Waals surface area contributed by atoms with Gasteiger partial charge in [-0.2, -0.15) is 5.10 Å². The van der Waals surface area contributed by atoms with E-state index >= 15 is 0 Å². The van der Waals surface area contributed by atoms with Crippen molar-refractivity contribution in [2.75, 3.05) is 7.05 Å². The SMILES string of the molecule is CCC(C)(C=NOC(=O)NC)n1cncn1. The monoisotopic (exact) mass is 225 g/mol. The normalized spacial score (nSPS) is 14.7. The molecule has 0 aromatic carbocycles. The van der Waals surface area contributed by atoms with Gasteiger partial charge in [-0.15, -0.1) is 0 Å². The van der Waals surface area contributed by atoms with E-state index in [0.717, 1.165) is 6.42 Å². The molecule has 7 nitrogen and oxygen atoms in total. The molecule has 1 heterocycles. The number of aromatic nitrogens is 3. The van der Waals surface area contributed by atoms with Crippen LogP contribution < -0.4 is 5.32 Å². The van der Waals surface area contributed by atoms with E-state index in [4.69, 9.17) is 0 Å². The molecule has 88 valence electrons. The number of amides is 1. The Kier molecular flexibility index (Phi) is 3.98. The van der Waals surface area contributed by atoms with Gasteiger partial charge in [0.25, 0.3) is 0 Å². The highest BCUT2D eigenvalue weighted by atomic mass is 16.7. The smallest absolute Gasteiger partial charge is 0.323 e. The van der Waals surface area contributed by atoms with Crippen LogP contribution in [0.3, 0.4) is 0 Å². The maximum absolute atomic E-state index is 10.8. The highest BCUT2D eigenvalue weighted by Crippen LogP contribution is 2.15. The van der Waals surface area contributed by atoms with Gasteiger partial charge in [-0.05, 0) is 13.3 Å². The third-order valence-electron chi connectivity index (χ3n) is 2.33. The fourth-order valence-electron chi connectivity index (χ4n) is 1.02. The number of nitrogens with one attached hydrogen (secondary N) is 1. The summed E-state index contributed by atoms with van der Waals surface area (Å²) in [6.07, 6.45) is 4.71. The summed E-state index contributed by atoms with van der Waals surface area (Å²) in [7, 11) is 1.47. The third kappa shape index (κ3) is 2.78. The van der Waals surface area contributed by atoms with Gasteiger partial charge in [-0.1, -0.05) is 12.1 Å². The molecule has 0 bridgehead atoms. The van der Waals surface area contributed by atoms with Crippen molar-refractivity contribution in [3.8, 4) is 0 Å². The lowest BCUT2D eigenvalue weighted by atomic mass is 10.0. The molecular formula is C9H15N5O2. The summed E-state index contributed by atoms with van der Waals surface area (Å²) >= 11 is 0. The molecule has 1 atom stereocenters. The van der Waals surface area contributed by atoms with Crippen LogP contribution in [0, 0.1) is 0 Å². The Morgan fingerprint density at radius 2 is 2.50 bits per heavy atom. The Hall–Kier alpha value is -1.92. The van der Waals surface area contributed by atoms with Gasteiger partial charge in [-0.3, -0.25) is 4.84 Å². The van der Waals surface area contributed by atoms with Crippen LogP contribution >= 0.6 is 0 Å². The number of hydrogen-bond donors (Lipinski definition) is 1. The minimum atomic E-state index is -0.603. The van der Waals surface area contributed by atoms with Crippen LogP contribution in [-0.4, -0.2) is 34.1 Å². The summed E-state index contributed by atoms with van der Waals surface area (Å²) in [4.78, 5) is 19.2. The Labute approximate surface area is 93.5 Å². The molecule has 0 aliphatic carbocycles. The van der Waals surface area contributed by atoms with Gasteiger partial charge in [0, 0.05) is 7.05 Å². The van der Waals surface area contributed by atoms with Crippen molar-refractivity contribution in [3.63, 3.8) is 0 Å². The number of oxime groups is 1. The van der Waals surface area contributed by atoms with Crippen molar-refractivity contribution < 1.29 is 9.63 Å². The minimum Gasteiger partial charge on any atom is -0.323 e. The number of carbonyl (C=O) groups is 1. The second kappa shape index (κ2) is 5.24. The molecule has 1 N–H and O–H groups in total. The van der Waals surface area contributed by atoms with Gasteiger partial charge in [0.05, 0.1) is 11.8 Å². The molecule has 0 fully saturated rings. The average Bonchev–Trinajstić information content (AvgIpc) is 2.82. The third-order valence-corrected chi connectivity index (χ3v) is 2.33. The predicted octanol–water partition coefficient (Wildman–Crippen LogP) is 0.745. The van der Waals surface area contributed by atoms with E-state index in [2.05, 4.69) is 25.4 Å². The molecule has 7 heteroatoms. The van der Waals surface area contributed by atoms with Gasteiger partial charge in [-0.25, -0.2) is 14.5 Å². The Bertz CT molecular complexity index is 362. The van der Waals surface area contributed by atoms with Gasteiger partial charge in [0.2, 0.25) is 0 Å². The molecule has 0 spiro atoms. The topological polar surface area (TPSA) is 81.4 Å². The van der Waals surface area contributed by atoms with Crippen LogP contribution in [0.2, 0.25) is 0 Å². The first-order chi connectivity index (χ1) is 7.62. The summed E-state index contributed by atoms with van der Waals surface area (Å²) in [5, 5.41) is 9.94. The largest absolute Gasteiger partial charge is 0.433 e. The molecule has 16 heavy (non-hydrogen) atoms. The van der Waals surface area contributed by atoms with Crippen LogP contribution in [0.1, 0.15) is 20.3 Å². The molecule has 1 unspecified atom stereocenters. The standard InChI is InChI=1S/C9H15N5O2/c1-4-9(2,14-7-11-6-12-14)5-13-16-8(15)10-3/h5-7H,4H2,1-3H3,(H,10,15). The first kappa shape index (κ1) is 12.2. The van der Waals surface area contributed by atoms with Gasteiger partial charge in [0.1, 0.15) is 12.7 Å². The molecule has 1 rings (SSSR count). The van der Waals surface area contributed by atoms with Crippen LogP contribution in [0.5, 0.6) is 0 Å². The molecular weight excluding hydrogens is 210 g/mol. The molecule has 0 aliphatic heterocycles. The summed E-state index contributed by atoms with van der Waals surface area (Å²) in [5.74, 6) is 0. The molecule has 1 amide bonds. The van der Waals surface area contributed by atoms with E-state index in [-0.39, 0.29) is 0 Å². The fraction of sp³-hybridized carbons (Fsp3) is 0.556. The van der Waals surface area contributed by atoms with E-state index in [1.54, 1.807) is 11.0 Å². The maximum Gasteiger partial charge on any atom is 0.433 e. The van der Waals surface area contributed by atoms with Crippen molar-refractivity contribution in [1.29, 1.82) is 0 Å². The Balaban J connectivity index is 2.71. The summed E-state index contributed by atoms with van der Waals surface area (Å²) in [6.45, 7) is 3.89. The quantitative estimate of drug-likeness (QED) is 0.465. The average molecular weight is 225 g/mol. The number of carbonyl (C=O) groups excluding carboxylic acids is 1. The number of rotatable bonds is 4. The van der Waals surface area contributed by atoms with Crippen LogP contribution in [0.15, 0.2) is 17.8 Å². The highest BCUT2D eigenvalue weighted by Gasteiger charge is 2.23. The maximum atomic E-state index is 10.8. The first-order valence-corrected chi connectivity index (χ1v) is 4.90. The highest BCUT2D eigenvalue weighted by molar-refractivity contribution is 5.70. The second-order valence-electron chi connectivity index (χ2n) is 3.41. The summed E-state index contributed by atoms with van der Waals surface area (Å²) in [6, 6.07) is 0. The van der Waals surface area contributed by atoms with Gasteiger partial charge in [0.15, 0.2) is 0 Å². The van der Waals surface area contributed by atoms with Crippen LogP contribution in [-0.2, 0) is 10.4 Å². The van der Waals surface area contributed by atoms with E-state index in [1.165, 1.54) is 19.6 Å². The van der Waals surface area contributed by atoms with Crippen molar-refractivity contribution in [3.05, 3.63) is 12.7 Å². The fourth-order valence-corrected chi connectivity index (χ4v) is 1.02. The molecule has 0 aliphatic rings. The second-order valence-corrected chi connectivity index (χ2v) is 3.41. The van der Waals surface area contributed by atoms with E-state index < -0.39 is 11.6 Å². The molecule has 1 aromatic rings. The van der Waals surface area contributed by atoms with Gasteiger partial charge < -0.3 is 5.32 Å². The molecule has 0 radical (unpaired) electrons. The van der Waals surface area contributed by atoms with Crippen LogP contribution in [0.4, 0.5) is 4.79 Å². The Morgan fingerprint density at radius 3 is 3.00 bits per heavy atom. The zero-order valence-electron chi connectivity index (χ0n) is 9.54. The zero-order chi connectivity index (χ0) is 12.0. The minimum absolute atomic E-state index is 0.454. The number of nitrogens with zero attached hydrogens (tertiary/aromatic N) is 4. The summed E-state index contributed by atoms with van der Waals surface area (Å²) < 4.78 is 1.66.